The first kappa shape index (κ1) is 13.4. The maximum atomic E-state index is 10.7. The van der Waals surface area contributed by atoms with Crippen molar-refractivity contribution < 1.29 is 9.90 Å². The second-order valence-corrected chi connectivity index (χ2v) is 5.27. The number of anilines is 1. The molecule has 1 aliphatic rings. The molecule has 0 radical (unpaired) electrons. The zero-order chi connectivity index (χ0) is 13.1. The van der Waals surface area contributed by atoms with Crippen molar-refractivity contribution in [2.45, 2.75) is 31.3 Å². The summed E-state index contributed by atoms with van der Waals surface area (Å²) in [5.41, 5.74) is 0. The molecule has 18 heavy (non-hydrogen) atoms. The quantitative estimate of drug-likeness (QED) is 0.739. The van der Waals surface area contributed by atoms with Crippen molar-refractivity contribution in [2.75, 3.05) is 5.32 Å². The van der Waals surface area contributed by atoms with Crippen LogP contribution in [0, 0.1) is 0 Å². The number of rotatable bonds is 3. The first-order valence-electron chi connectivity index (χ1n) is 5.50. The van der Waals surface area contributed by atoms with Gasteiger partial charge in [0.25, 0.3) is 0 Å². The summed E-state index contributed by atoms with van der Waals surface area (Å²) in [4.78, 5) is 18.6. The van der Waals surface area contributed by atoms with Crippen LogP contribution in [0.15, 0.2) is 10.7 Å². The van der Waals surface area contributed by atoms with Crippen LogP contribution in [0.4, 0.5) is 10.6 Å². The fourth-order valence-corrected chi connectivity index (χ4v) is 2.53. The van der Waals surface area contributed by atoms with Crippen molar-refractivity contribution in [3.63, 3.8) is 0 Å². The Kier molecular flexibility index (Phi) is 4.23. The standard InChI is InChI=1S/C10H12BrClN4O2/c11-5-4-13-9(12)16-8(5)14-6-2-1-3-7(6)15-10(17)18/h4,6-7,15H,1-3H2,(H,17,18)(H,13,14,16)/t6-,7-/m0/s1. The molecule has 1 aliphatic carbocycles. The molecule has 0 aromatic carbocycles. The second kappa shape index (κ2) is 5.71. The van der Waals surface area contributed by atoms with E-state index in [4.69, 9.17) is 16.7 Å². The Hall–Kier alpha value is -1.08. The van der Waals surface area contributed by atoms with Gasteiger partial charge in [-0.25, -0.2) is 9.78 Å². The first-order chi connectivity index (χ1) is 8.56. The lowest BCUT2D eigenvalue weighted by Gasteiger charge is -2.21. The number of hydrogen-bond acceptors (Lipinski definition) is 4. The molecule has 1 heterocycles. The van der Waals surface area contributed by atoms with Crippen molar-refractivity contribution >= 4 is 39.4 Å². The summed E-state index contributed by atoms with van der Waals surface area (Å²) < 4.78 is 0.702. The maximum Gasteiger partial charge on any atom is 0.404 e. The number of aromatic nitrogens is 2. The number of nitrogens with zero attached hydrogens (tertiary/aromatic N) is 2. The fourth-order valence-electron chi connectivity index (χ4n) is 2.09. The summed E-state index contributed by atoms with van der Waals surface area (Å²) in [6.07, 6.45) is 3.23. The van der Waals surface area contributed by atoms with E-state index in [1.807, 2.05) is 0 Å². The minimum absolute atomic E-state index is 0.0170. The van der Waals surface area contributed by atoms with Crippen molar-refractivity contribution in [1.82, 2.24) is 15.3 Å². The topological polar surface area (TPSA) is 87.1 Å². The summed E-state index contributed by atoms with van der Waals surface area (Å²) in [6, 6.07) is -0.0912. The average molecular weight is 336 g/mol. The van der Waals surface area contributed by atoms with Gasteiger partial charge in [-0.05, 0) is 46.8 Å². The Morgan fingerprint density at radius 1 is 1.50 bits per heavy atom. The molecule has 1 amide bonds. The van der Waals surface area contributed by atoms with Crippen LogP contribution in [0.2, 0.25) is 5.28 Å². The molecular formula is C10H12BrClN4O2. The Labute approximate surface area is 117 Å². The van der Waals surface area contributed by atoms with Gasteiger partial charge in [0.1, 0.15) is 5.82 Å². The largest absolute Gasteiger partial charge is 0.465 e. The zero-order valence-corrected chi connectivity index (χ0v) is 11.7. The van der Waals surface area contributed by atoms with E-state index in [0.29, 0.717) is 10.3 Å². The van der Waals surface area contributed by atoms with Crippen LogP contribution in [0.1, 0.15) is 19.3 Å². The van der Waals surface area contributed by atoms with E-state index in [0.717, 1.165) is 19.3 Å². The Morgan fingerprint density at radius 2 is 2.22 bits per heavy atom. The molecule has 1 aromatic heterocycles. The van der Waals surface area contributed by atoms with Crippen molar-refractivity contribution in [1.29, 1.82) is 0 Å². The van der Waals surface area contributed by atoms with Crippen LogP contribution in [-0.4, -0.2) is 33.3 Å². The van der Waals surface area contributed by atoms with E-state index in [9.17, 15) is 4.79 Å². The second-order valence-electron chi connectivity index (χ2n) is 4.07. The molecule has 0 saturated heterocycles. The van der Waals surface area contributed by atoms with Gasteiger partial charge in [0.2, 0.25) is 5.28 Å². The third-order valence-corrected chi connectivity index (χ3v) is 3.62. The highest BCUT2D eigenvalue weighted by Gasteiger charge is 2.29. The molecule has 1 fully saturated rings. The van der Waals surface area contributed by atoms with Crippen LogP contribution >= 0.6 is 27.5 Å². The maximum absolute atomic E-state index is 10.7. The molecule has 98 valence electrons. The summed E-state index contributed by atoms with van der Waals surface area (Å²) >= 11 is 9.06. The number of halogens is 2. The van der Waals surface area contributed by atoms with Crippen LogP contribution in [0.5, 0.6) is 0 Å². The number of nitrogens with one attached hydrogen (secondary N) is 2. The van der Waals surface area contributed by atoms with Crippen LogP contribution in [0.3, 0.4) is 0 Å². The third kappa shape index (κ3) is 3.23. The van der Waals surface area contributed by atoms with Crippen LogP contribution in [0.25, 0.3) is 0 Å². The molecule has 8 heteroatoms. The van der Waals surface area contributed by atoms with Gasteiger partial charge in [-0.3, -0.25) is 0 Å². The molecule has 0 bridgehead atoms. The highest BCUT2D eigenvalue weighted by Crippen LogP contribution is 2.26. The van der Waals surface area contributed by atoms with Gasteiger partial charge in [0.15, 0.2) is 0 Å². The summed E-state index contributed by atoms with van der Waals surface area (Å²) in [6.45, 7) is 0. The Balaban J connectivity index is 2.08. The molecule has 0 aliphatic heterocycles. The van der Waals surface area contributed by atoms with Gasteiger partial charge in [-0.2, -0.15) is 4.98 Å². The average Bonchev–Trinajstić information content (AvgIpc) is 2.70. The van der Waals surface area contributed by atoms with Crippen LogP contribution in [-0.2, 0) is 0 Å². The predicted molar refractivity (Wildman–Crippen MR) is 71.0 cm³/mol. The van der Waals surface area contributed by atoms with E-state index in [-0.39, 0.29) is 17.4 Å². The Morgan fingerprint density at radius 3 is 2.94 bits per heavy atom. The molecule has 1 aromatic rings. The van der Waals surface area contributed by atoms with Gasteiger partial charge in [-0.1, -0.05) is 0 Å². The van der Waals surface area contributed by atoms with Crippen molar-refractivity contribution in [3.8, 4) is 0 Å². The lowest BCUT2D eigenvalue weighted by Crippen LogP contribution is -2.42. The Bertz CT molecular complexity index is 460. The zero-order valence-electron chi connectivity index (χ0n) is 9.36. The smallest absolute Gasteiger partial charge is 0.404 e. The number of amides is 1. The summed E-state index contributed by atoms with van der Waals surface area (Å²) in [5, 5.41) is 14.6. The lowest BCUT2D eigenvalue weighted by molar-refractivity contribution is 0.189. The van der Waals surface area contributed by atoms with E-state index in [2.05, 4.69) is 36.5 Å². The molecule has 2 rings (SSSR count). The SMILES string of the molecule is O=C(O)N[C@H]1CCC[C@@H]1Nc1nc(Cl)ncc1Br. The van der Waals surface area contributed by atoms with Gasteiger partial charge in [0.05, 0.1) is 10.5 Å². The van der Waals surface area contributed by atoms with Gasteiger partial charge >= 0.3 is 6.09 Å². The van der Waals surface area contributed by atoms with E-state index in [1.54, 1.807) is 6.20 Å². The summed E-state index contributed by atoms with van der Waals surface area (Å²) in [5.74, 6) is 0.582. The minimum atomic E-state index is -1.01. The van der Waals surface area contributed by atoms with Crippen LogP contribution < -0.4 is 10.6 Å². The molecule has 0 spiro atoms. The van der Waals surface area contributed by atoms with E-state index < -0.39 is 6.09 Å². The van der Waals surface area contributed by atoms with Crippen molar-refractivity contribution in [2.24, 2.45) is 0 Å². The molecule has 0 unspecified atom stereocenters. The highest BCUT2D eigenvalue weighted by atomic mass is 79.9. The van der Waals surface area contributed by atoms with Gasteiger partial charge in [0, 0.05) is 12.2 Å². The molecule has 1 saturated carbocycles. The predicted octanol–water partition coefficient (Wildman–Crippen LogP) is 2.49. The molecule has 3 N–H and O–H groups in total. The van der Waals surface area contributed by atoms with Gasteiger partial charge < -0.3 is 15.7 Å². The monoisotopic (exact) mass is 334 g/mol. The van der Waals surface area contributed by atoms with Gasteiger partial charge in [-0.15, -0.1) is 0 Å². The molecule has 2 atom stereocenters. The lowest BCUT2D eigenvalue weighted by atomic mass is 10.2. The highest BCUT2D eigenvalue weighted by molar-refractivity contribution is 9.10. The van der Waals surface area contributed by atoms with E-state index in [1.165, 1.54) is 0 Å². The van der Waals surface area contributed by atoms with Crippen molar-refractivity contribution in [3.05, 3.63) is 16.0 Å². The first-order valence-corrected chi connectivity index (χ1v) is 6.67. The number of hydrogen-bond donors (Lipinski definition) is 3. The number of carboxylic acid groups (broad SMARTS) is 1. The van der Waals surface area contributed by atoms with E-state index >= 15 is 0 Å². The minimum Gasteiger partial charge on any atom is -0.465 e. The fraction of sp³-hybridized carbons (Fsp3) is 0.500. The normalized spacial score (nSPS) is 22.8. The summed E-state index contributed by atoms with van der Waals surface area (Å²) in [7, 11) is 0. The molecule has 6 nitrogen and oxygen atoms in total. The molecular weight excluding hydrogens is 323 g/mol. The third-order valence-electron chi connectivity index (χ3n) is 2.86. The number of carbonyl (C=O) groups is 1.